The lowest BCUT2D eigenvalue weighted by molar-refractivity contribution is 0.220. The number of hydrogen-bond donors (Lipinski definition) is 1. The van der Waals surface area contributed by atoms with Crippen LogP contribution in [0, 0.1) is 0 Å². The fourth-order valence-electron chi connectivity index (χ4n) is 2.38. The molecule has 4 nitrogen and oxygen atoms in total. The fraction of sp³-hybridized carbons (Fsp3) is 0.643. The molecule has 1 fully saturated rings. The van der Waals surface area contributed by atoms with Gasteiger partial charge in [0.1, 0.15) is 0 Å². The Labute approximate surface area is 110 Å². The van der Waals surface area contributed by atoms with Crippen molar-refractivity contribution in [3.63, 3.8) is 0 Å². The van der Waals surface area contributed by atoms with Crippen LogP contribution in [0.3, 0.4) is 0 Å². The lowest BCUT2D eigenvalue weighted by Gasteiger charge is -2.27. The van der Waals surface area contributed by atoms with Gasteiger partial charge in [0, 0.05) is 45.1 Å². The van der Waals surface area contributed by atoms with Crippen LogP contribution in [0.1, 0.15) is 12.0 Å². The van der Waals surface area contributed by atoms with Crippen molar-refractivity contribution in [2.75, 3.05) is 46.3 Å². The Hall–Kier alpha value is -0.970. The molecule has 2 heterocycles. The van der Waals surface area contributed by atoms with Crippen LogP contribution in [0.5, 0.6) is 0 Å². The standard InChI is InChI=1S/C14H24N4/c1-17(13-14-3-5-15-6-4-14)9-2-10-18-11-7-16-8-12-18/h3-6,16H,2,7-13H2,1H3. The van der Waals surface area contributed by atoms with E-state index in [1.54, 1.807) is 0 Å². The normalized spacial score (nSPS) is 17.2. The molecule has 1 aromatic rings. The summed E-state index contributed by atoms with van der Waals surface area (Å²) in [5.74, 6) is 0. The Morgan fingerprint density at radius 3 is 2.72 bits per heavy atom. The summed E-state index contributed by atoms with van der Waals surface area (Å²) in [7, 11) is 2.19. The average Bonchev–Trinajstić information content (AvgIpc) is 2.41. The van der Waals surface area contributed by atoms with Gasteiger partial charge >= 0.3 is 0 Å². The number of piperazine rings is 1. The second-order valence-electron chi connectivity index (χ2n) is 5.04. The Balaban J connectivity index is 1.61. The fourth-order valence-corrected chi connectivity index (χ4v) is 2.38. The zero-order valence-corrected chi connectivity index (χ0v) is 11.3. The summed E-state index contributed by atoms with van der Waals surface area (Å²) in [4.78, 5) is 8.98. The molecule has 1 aliphatic heterocycles. The molecule has 0 aromatic carbocycles. The number of pyridine rings is 1. The molecule has 18 heavy (non-hydrogen) atoms. The molecule has 0 atom stereocenters. The van der Waals surface area contributed by atoms with Gasteiger partial charge in [0.15, 0.2) is 0 Å². The van der Waals surface area contributed by atoms with E-state index in [1.165, 1.54) is 31.6 Å². The van der Waals surface area contributed by atoms with Gasteiger partial charge in [-0.3, -0.25) is 4.98 Å². The third-order valence-corrected chi connectivity index (χ3v) is 3.43. The number of nitrogens with zero attached hydrogens (tertiary/aromatic N) is 3. The van der Waals surface area contributed by atoms with Crippen molar-refractivity contribution in [2.45, 2.75) is 13.0 Å². The van der Waals surface area contributed by atoms with Gasteiger partial charge in [-0.1, -0.05) is 0 Å². The molecule has 0 saturated carbocycles. The van der Waals surface area contributed by atoms with E-state index in [4.69, 9.17) is 0 Å². The first-order chi connectivity index (χ1) is 8.84. The van der Waals surface area contributed by atoms with Crippen LogP contribution in [-0.4, -0.2) is 61.1 Å². The first-order valence-corrected chi connectivity index (χ1v) is 6.85. The Morgan fingerprint density at radius 1 is 1.28 bits per heavy atom. The molecule has 0 spiro atoms. The molecule has 1 N–H and O–H groups in total. The van der Waals surface area contributed by atoms with Crippen LogP contribution in [0.4, 0.5) is 0 Å². The van der Waals surface area contributed by atoms with E-state index in [0.29, 0.717) is 0 Å². The predicted octanol–water partition coefficient (Wildman–Crippen LogP) is 0.809. The van der Waals surface area contributed by atoms with Gasteiger partial charge in [0.05, 0.1) is 0 Å². The molecule has 0 bridgehead atoms. The number of aromatic nitrogens is 1. The lowest BCUT2D eigenvalue weighted by Crippen LogP contribution is -2.44. The number of nitrogens with one attached hydrogen (secondary N) is 1. The Kier molecular flexibility index (Phi) is 5.58. The largest absolute Gasteiger partial charge is 0.314 e. The topological polar surface area (TPSA) is 31.4 Å². The highest BCUT2D eigenvalue weighted by Gasteiger charge is 2.09. The maximum atomic E-state index is 4.04. The first kappa shape index (κ1) is 13.5. The van der Waals surface area contributed by atoms with Gasteiger partial charge in [-0.15, -0.1) is 0 Å². The van der Waals surface area contributed by atoms with Gasteiger partial charge in [-0.05, 0) is 44.3 Å². The summed E-state index contributed by atoms with van der Waals surface area (Å²) in [5, 5.41) is 3.39. The van der Waals surface area contributed by atoms with Crippen molar-refractivity contribution in [1.29, 1.82) is 0 Å². The summed E-state index contributed by atoms with van der Waals surface area (Å²) in [6, 6.07) is 4.18. The van der Waals surface area contributed by atoms with Crippen molar-refractivity contribution in [3.05, 3.63) is 30.1 Å². The van der Waals surface area contributed by atoms with Crippen LogP contribution in [-0.2, 0) is 6.54 Å². The Bertz CT molecular complexity index is 322. The van der Waals surface area contributed by atoms with Crippen LogP contribution >= 0.6 is 0 Å². The van der Waals surface area contributed by atoms with Crippen molar-refractivity contribution >= 4 is 0 Å². The third kappa shape index (κ3) is 4.72. The average molecular weight is 248 g/mol. The second-order valence-corrected chi connectivity index (χ2v) is 5.04. The zero-order chi connectivity index (χ0) is 12.6. The predicted molar refractivity (Wildman–Crippen MR) is 74.5 cm³/mol. The molecule has 1 aromatic heterocycles. The van der Waals surface area contributed by atoms with E-state index in [9.17, 15) is 0 Å². The van der Waals surface area contributed by atoms with E-state index >= 15 is 0 Å². The highest BCUT2D eigenvalue weighted by atomic mass is 15.2. The highest BCUT2D eigenvalue weighted by Crippen LogP contribution is 2.02. The molecule has 2 rings (SSSR count). The molecule has 1 aliphatic rings. The van der Waals surface area contributed by atoms with Crippen LogP contribution in [0.15, 0.2) is 24.5 Å². The summed E-state index contributed by atoms with van der Waals surface area (Å²) in [6.45, 7) is 8.10. The molecule has 0 unspecified atom stereocenters. The van der Waals surface area contributed by atoms with Crippen LogP contribution in [0.2, 0.25) is 0 Å². The minimum absolute atomic E-state index is 1.02. The van der Waals surface area contributed by atoms with E-state index in [0.717, 1.165) is 26.2 Å². The van der Waals surface area contributed by atoms with Crippen molar-refractivity contribution in [2.24, 2.45) is 0 Å². The monoisotopic (exact) mass is 248 g/mol. The number of hydrogen-bond acceptors (Lipinski definition) is 4. The quantitative estimate of drug-likeness (QED) is 0.807. The van der Waals surface area contributed by atoms with Crippen molar-refractivity contribution in [3.8, 4) is 0 Å². The molecular formula is C14H24N4. The SMILES string of the molecule is CN(CCCN1CCNCC1)Cc1ccncc1. The summed E-state index contributed by atoms with van der Waals surface area (Å²) < 4.78 is 0. The highest BCUT2D eigenvalue weighted by molar-refractivity contribution is 5.09. The summed E-state index contributed by atoms with van der Waals surface area (Å²) in [5.41, 5.74) is 1.34. The molecule has 0 radical (unpaired) electrons. The summed E-state index contributed by atoms with van der Waals surface area (Å²) >= 11 is 0. The first-order valence-electron chi connectivity index (χ1n) is 6.85. The maximum absolute atomic E-state index is 4.04. The van der Waals surface area contributed by atoms with Gasteiger partial charge in [0.2, 0.25) is 0 Å². The third-order valence-electron chi connectivity index (χ3n) is 3.43. The van der Waals surface area contributed by atoms with Gasteiger partial charge in [0.25, 0.3) is 0 Å². The van der Waals surface area contributed by atoms with Crippen molar-refractivity contribution < 1.29 is 0 Å². The minimum Gasteiger partial charge on any atom is -0.314 e. The van der Waals surface area contributed by atoms with E-state index in [-0.39, 0.29) is 0 Å². The molecule has 0 amide bonds. The van der Waals surface area contributed by atoms with Gasteiger partial charge in [-0.25, -0.2) is 0 Å². The van der Waals surface area contributed by atoms with E-state index in [1.807, 2.05) is 12.4 Å². The minimum atomic E-state index is 1.02. The summed E-state index contributed by atoms with van der Waals surface area (Å²) in [6.07, 6.45) is 4.98. The zero-order valence-electron chi connectivity index (χ0n) is 11.3. The molecule has 100 valence electrons. The van der Waals surface area contributed by atoms with Crippen molar-refractivity contribution in [1.82, 2.24) is 20.1 Å². The van der Waals surface area contributed by atoms with E-state index in [2.05, 4.69) is 39.3 Å². The smallest absolute Gasteiger partial charge is 0.0271 e. The van der Waals surface area contributed by atoms with Crippen LogP contribution < -0.4 is 5.32 Å². The Morgan fingerprint density at radius 2 is 2.00 bits per heavy atom. The molecule has 1 saturated heterocycles. The maximum Gasteiger partial charge on any atom is 0.0271 e. The lowest BCUT2D eigenvalue weighted by atomic mass is 10.2. The second kappa shape index (κ2) is 7.46. The van der Waals surface area contributed by atoms with E-state index < -0.39 is 0 Å². The van der Waals surface area contributed by atoms with Gasteiger partial charge < -0.3 is 15.1 Å². The van der Waals surface area contributed by atoms with Crippen LogP contribution in [0.25, 0.3) is 0 Å². The number of rotatable bonds is 6. The molecular weight excluding hydrogens is 224 g/mol. The molecule has 0 aliphatic carbocycles. The molecule has 4 heteroatoms. The van der Waals surface area contributed by atoms with Gasteiger partial charge in [-0.2, -0.15) is 0 Å².